The smallest absolute Gasteiger partial charge is 0.266 e. The molecule has 0 spiro atoms. The average Bonchev–Trinajstić information content (AvgIpc) is 3.02. The molecular formula is C22H19ClN4O2. The molecule has 1 amide bonds. The summed E-state index contributed by atoms with van der Waals surface area (Å²) in [5.74, 6) is 0.178. The fraction of sp³-hybridized carbons (Fsp3) is 0.136. The van der Waals surface area contributed by atoms with E-state index in [1.54, 1.807) is 35.9 Å². The average molecular weight is 407 g/mol. The zero-order valence-corrected chi connectivity index (χ0v) is 16.8. The van der Waals surface area contributed by atoms with Gasteiger partial charge >= 0.3 is 0 Å². The van der Waals surface area contributed by atoms with Crippen LogP contribution in [0.25, 0.3) is 11.8 Å². The molecule has 0 aliphatic rings. The van der Waals surface area contributed by atoms with Gasteiger partial charge in [0, 0.05) is 11.3 Å². The highest BCUT2D eigenvalue weighted by Crippen LogP contribution is 2.26. The van der Waals surface area contributed by atoms with Crippen LogP contribution < -0.4 is 10.1 Å². The number of halogens is 1. The molecular weight excluding hydrogens is 388 g/mol. The Morgan fingerprint density at radius 1 is 1.24 bits per heavy atom. The number of aromatic nitrogens is 2. The van der Waals surface area contributed by atoms with Gasteiger partial charge < -0.3 is 10.1 Å². The van der Waals surface area contributed by atoms with Crippen molar-refractivity contribution in [2.24, 2.45) is 0 Å². The van der Waals surface area contributed by atoms with Crippen LogP contribution in [0.1, 0.15) is 18.2 Å². The normalized spacial score (nSPS) is 11.0. The number of nitrogens with zero attached hydrogens (tertiary/aromatic N) is 3. The summed E-state index contributed by atoms with van der Waals surface area (Å²) in [7, 11) is 0. The molecule has 0 saturated carbocycles. The Hall–Kier alpha value is -3.56. The van der Waals surface area contributed by atoms with Crippen molar-refractivity contribution in [3.05, 3.63) is 76.6 Å². The molecule has 2 aromatic carbocycles. The van der Waals surface area contributed by atoms with Crippen molar-refractivity contribution in [2.75, 3.05) is 11.9 Å². The van der Waals surface area contributed by atoms with E-state index in [0.29, 0.717) is 34.5 Å². The second-order valence-corrected chi connectivity index (χ2v) is 6.48. The molecule has 0 radical (unpaired) electrons. The largest absolute Gasteiger partial charge is 0.494 e. The topological polar surface area (TPSA) is 79.9 Å². The summed E-state index contributed by atoms with van der Waals surface area (Å²) in [5, 5.41) is 16.9. The van der Waals surface area contributed by atoms with E-state index in [-0.39, 0.29) is 5.57 Å². The van der Waals surface area contributed by atoms with Crippen LogP contribution in [0, 0.1) is 18.3 Å². The lowest BCUT2D eigenvalue weighted by molar-refractivity contribution is -0.112. The van der Waals surface area contributed by atoms with Crippen LogP contribution in [0.4, 0.5) is 5.69 Å². The summed E-state index contributed by atoms with van der Waals surface area (Å²) in [6.45, 7) is 4.23. The molecule has 0 bridgehead atoms. The van der Waals surface area contributed by atoms with E-state index in [1.807, 2.05) is 43.3 Å². The SMILES string of the molecule is CCOc1ccc(NC(=O)/C(C#N)=C/c2c(C)nn(-c3ccccc3)c2Cl)cc1. The molecule has 3 aromatic rings. The maximum absolute atomic E-state index is 12.6. The van der Waals surface area contributed by atoms with E-state index in [2.05, 4.69) is 10.4 Å². The van der Waals surface area contributed by atoms with Crippen molar-refractivity contribution in [1.29, 1.82) is 5.26 Å². The van der Waals surface area contributed by atoms with Crippen LogP contribution in [0.5, 0.6) is 5.75 Å². The van der Waals surface area contributed by atoms with Gasteiger partial charge in [0.15, 0.2) is 0 Å². The second-order valence-electron chi connectivity index (χ2n) is 6.12. The molecule has 0 aliphatic carbocycles. The van der Waals surface area contributed by atoms with Crippen molar-refractivity contribution < 1.29 is 9.53 Å². The first-order valence-corrected chi connectivity index (χ1v) is 9.37. The van der Waals surface area contributed by atoms with E-state index < -0.39 is 5.91 Å². The molecule has 6 nitrogen and oxygen atoms in total. The third-order valence-corrected chi connectivity index (χ3v) is 4.49. The molecule has 0 atom stereocenters. The lowest BCUT2D eigenvalue weighted by Crippen LogP contribution is -2.13. The first-order chi connectivity index (χ1) is 14.0. The van der Waals surface area contributed by atoms with Gasteiger partial charge in [-0.2, -0.15) is 10.4 Å². The van der Waals surface area contributed by atoms with Gasteiger partial charge in [0.2, 0.25) is 0 Å². The Morgan fingerprint density at radius 2 is 1.93 bits per heavy atom. The number of carbonyl (C=O) groups excluding carboxylic acids is 1. The molecule has 1 aromatic heterocycles. The highest BCUT2D eigenvalue weighted by molar-refractivity contribution is 6.31. The minimum Gasteiger partial charge on any atom is -0.494 e. The number of carbonyl (C=O) groups is 1. The minimum atomic E-state index is -0.528. The Bertz CT molecular complexity index is 1080. The van der Waals surface area contributed by atoms with Gasteiger partial charge in [-0.15, -0.1) is 0 Å². The lowest BCUT2D eigenvalue weighted by Gasteiger charge is -2.06. The molecule has 0 aliphatic heterocycles. The summed E-state index contributed by atoms with van der Waals surface area (Å²) in [6, 6.07) is 18.3. The molecule has 146 valence electrons. The first-order valence-electron chi connectivity index (χ1n) is 9.00. The number of hydrogen-bond donors (Lipinski definition) is 1. The summed E-state index contributed by atoms with van der Waals surface area (Å²) in [6.07, 6.45) is 1.45. The zero-order valence-electron chi connectivity index (χ0n) is 16.0. The number of rotatable bonds is 6. The van der Waals surface area contributed by atoms with Gasteiger partial charge in [-0.1, -0.05) is 29.8 Å². The maximum Gasteiger partial charge on any atom is 0.266 e. The number of ether oxygens (including phenoxy) is 1. The summed E-state index contributed by atoms with van der Waals surface area (Å²) in [4.78, 5) is 12.6. The van der Waals surface area contributed by atoms with Crippen LogP contribution in [-0.4, -0.2) is 22.3 Å². The van der Waals surface area contributed by atoms with Crippen LogP contribution in [0.15, 0.2) is 60.2 Å². The number of aryl methyl sites for hydroxylation is 1. The molecule has 1 heterocycles. The summed E-state index contributed by atoms with van der Waals surface area (Å²) in [5.41, 5.74) is 2.41. The second kappa shape index (κ2) is 9.09. The third kappa shape index (κ3) is 4.65. The van der Waals surface area contributed by atoms with Gasteiger partial charge in [-0.25, -0.2) is 4.68 Å². The molecule has 7 heteroatoms. The van der Waals surface area contributed by atoms with Crippen molar-refractivity contribution in [2.45, 2.75) is 13.8 Å². The predicted molar refractivity (Wildman–Crippen MR) is 113 cm³/mol. The van der Waals surface area contributed by atoms with Gasteiger partial charge in [-0.3, -0.25) is 4.79 Å². The number of amides is 1. The molecule has 0 fully saturated rings. The van der Waals surface area contributed by atoms with Crippen LogP contribution in [0.2, 0.25) is 5.15 Å². The Morgan fingerprint density at radius 3 is 2.55 bits per heavy atom. The highest BCUT2D eigenvalue weighted by atomic mass is 35.5. The number of para-hydroxylation sites is 1. The fourth-order valence-corrected chi connectivity index (χ4v) is 3.03. The van der Waals surface area contributed by atoms with Gasteiger partial charge in [-0.05, 0) is 56.3 Å². The number of benzene rings is 2. The van der Waals surface area contributed by atoms with Crippen molar-refractivity contribution in [3.63, 3.8) is 0 Å². The monoisotopic (exact) mass is 406 g/mol. The Kier molecular flexibility index (Phi) is 6.32. The number of hydrogen-bond acceptors (Lipinski definition) is 4. The molecule has 0 unspecified atom stereocenters. The standard InChI is InChI=1S/C22H19ClN4O2/c1-3-29-19-11-9-17(10-12-19)25-22(28)16(14-24)13-20-15(2)26-27(21(20)23)18-7-5-4-6-8-18/h4-13H,3H2,1-2H3,(H,25,28)/b16-13+. The summed E-state index contributed by atoms with van der Waals surface area (Å²) >= 11 is 6.48. The van der Waals surface area contributed by atoms with E-state index in [1.165, 1.54) is 6.08 Å². The fourth-order valence-electron chi connectivity index (χ4n) is 2.71. The van der Waals surface area contributed by atoms with Crippen molar-refractivity contribution in [1.82, 2.24) is 9.78 Å². The van der Waals surface area contributed by atoms with Crippen LogP contribution >= 0.6 is 11.6 Å². The van der Waals surface area contributed by atoms with Crippen LogP contribution in [-0.2, 0) is 4.79 Å². The van der Waals surface area contributed by atoms with E-state index >= 15 is 0 Å². The molecule has 1 N–H and O–H groups in total. The van der Waals surface area contributed by atoms with E-state index in [9.17, 15) is 10.1 Å². The number of anilines is 1. The minimum absolute atomic E-state index is 0.0727. The van der Waals surface area contributed by atoms with Gasteiger partial charge in [0.25, 0.3) is 5.91 Å². The van der Waals surface area contributed by atoms with E-state index in [4.69, 9.17) is 16.3 Å². The quantitative estimate of drug-likeness (QED) is 0.472. The van der Waals surface area contributed by atoms with Gasteiger partial charge in [0.05, 0.1) is 18.0 Å². The maximum atomic E-state index is 12.6. The first kappa shape index (κ1) is 20.2. The van der Waals surface area contributed by atoms with Gasteiger partial charge in [0.1, 0.15) is 22.5 Å². The summed E-state index contributed by atoms with van der Waals surface area (Å²) < 4.78 is 6.95. The molecule has 3 rings (SSSR count). The Balaban J connectivity index is 1.85. The zero-order chi connectivity index (χ0) is 20.8. The predicted octanol–water partition coefficient (Wildman–Crippen LogP) is 4.78. The van der Waals surface area contributed by atoms with Crippen molar-refractivity contribution >= 4 is 29.3 Å². The van der Waals surface area contributed by atoms with Crippen LogP contribution in [0.3, 0.4) is 0 Å². The van der Waals surface area contributed by atoms with Crippen molar-refractivity contribution in [3.8, 4) is 17.5 Å². The highest BCUT2D eigenvalue weighted by Gasteiger charge is 2.16. The third-order valence-electron chi connectivity index (χ3n) is 4.13. The molecule has 29 heavy (non-hydrogen) atoms. The Labute approximate surface area is 174 Å². The number of nitriles is 1. The molecule has 0 saturated heterocycles. The lowest BCUT2D eigenvalue weighted by atomic mass is 10.1. The number of nitrogens with one attached hydrogen (secondary N) is 1. The van der Waals surface area contributed by atoms with E-state index in [0.717, 1.165) is 5.69 Å².